The maximum atomic E-state index is 12.3. The Hall–Kier alpha value is -1.50. The van der Waals surface area contributed by atoms with Crippen LogP contribution in [0.2, 0.25) is 0 Å². The van der Waals surface area contributed by atoms with Crippen LogP contribution in [0.5, 0.6) is 0 Å². The molecule has 7 heteroatoms. The summed E-state index contributed by atoms with van der Waals surface area (Å²) in [5.74, 6) is 0.552. The van der Waals surface area contributed by atoms with Crippen molar-refractivity contribution in [2.75, 3.05) is 18.1 Å². The van der Waals surface area contributed by atoms with Gasteiger partial charge in [0.15, 0.2) is 0 Å². The van der Waals surface area contributed by atoms with Gasteiger partial charge >= 0.3 is 0 Å². The van der Waals surface area contributed by atoms with E-state index in [1.54, 1.807) is 9.58 Å². The lowest BCUT2D eigenvalue weighted by Crippen LogP contribution is -2.45. The van der Waals surface area contributed by atoms with Gasteiger partial charge in [-0.15, -0.1) is 0 Å². The molecule has 0 N–H and O–H groups in total. The van der Waals surface area contributed by atoms with Gasteiger partial charge in [0.05, 0.1) is 0 Å². The molecule has 0 radical (unpaired) electrons. The number of hydrogen-bond donors (Lipinski definition) is 0. The Morgan fingerprint density at radius 3 is 3.06 bits per heavy atom. The summed E-state index contributed by atoms with van der Waals surface area (Å²) < 4.78 is 7.19. The molecule has 3 rings (SSSR count). The van der Waals surface area contributed by atoms with Crippen molar-refractivity contribution < 1.29 is 9.53 Å². The minimum atomic E-state index is -0.313. The van der Waals surface area contributed by atoms with E-state index in [1.165, 1.54) is 0 Å². The fraction of sp³-hybridized carbons (Fsp3) is 0.800. The van der Waals surface area contributed by atoms with Gasteiger partial charge in [-0.3, -0.25) is 9.69 Å². The number of aryl methyl sites for hydroxylation is 1. The Morgan fingerprint density at radius 1 is 1.29 bits per heavy atom. The lowest BCUT2D eigenvalue weighted by molar-refractivity contribution is -0.132. The van der Waals surface area contributed by atoms with Crippen LogP contribution < -0.4 is 4.90 Å². The van der Waals surface area contributed by atoms with Gasteiger partial charge in [-0.05, 0) is 36.1 Å². The minimum Gasteiger partial charge on any atom is -0.368 e. The lowest BCUT2D eigenvalue weighted by atomic mass is 10.1. The van der Waals surface area contributed by atoms with Gasteiger partial charge < -0.3 is 4.74 Å². The molecule has 0 saturated carbocycles. The van der Waals surface area contributed by atoms with Crippen molar-refractivity contribution >= 4 is 11.9 Å². The van der Waals surface area contributed by atoms with Crippen molar-refractivity contribution in [3.05, 3.63) is 0 Å². The molecule has 7 nitrogen and oxygen atoms in total. The van der Waals surface area contributed by atoms with Crippen LogP contribution in [0.4, 0.5) is 5.95 Å². The minimum absolute atomic E-state index is 0.000417. The topological polar surface area (TPSA) is 73.1 Å². The number of rotatable bonds is 1. The molecular weight excluding hydrogens is 222 g/mol. The molecular formula is C10H15N5O2. The van der Waals surface area contributed by atoms with Gasteiger partial charge in [-0.1, -0.05) is 5.10 Å². The van der Waals surface area contributed by atoms with E-state index in [4.69, 9.17) is 4.74 Å². The van der Waals surface area contributed by atoms with Gasteiger partial charge in [0.2, 0.25) is 0 Å². The number of amides is 1. The second-order valence-corrected chi connectivity index (χ2v) is 4.40. The highest BCUT2D eigenvalue weighted by atomic mass is 16.5. The Morgan fingerprint density at radius 2 is 2.24 bits per heavy atom. The lowest BCUT2D eigenvalue weighted by Gasteiger charge is -2.30. The predicted octanol–water partition coefficient (Wildman–Crippen LogP) is -0.0211. The number of anilines is 1. The zero-order valence-corrected chi connectivity index (χ0v) is 9.58. The monoisotopic (exact) mass is 237 g/mol. The zero-order valence-electron chi connectivity index (χ0n) is 9.58. The molecule has 2 aliphatic heterocycles. The number of nitrogens with zero attached hydrogens (tertiary/aromatic N) is 5. The summed E-state index contributed by atoms with van der Waals surface area (Å²) >= 11 is 0. The average molecular weight is 237 g/mol. The van der Waals surface area contributed by atoms with Crippen LogP contribution in [-0.4, -0.2) is 45.4 Å². The largest absolute Gasteiger partial charge is 0.368 e. The van der Waals surface area contributed by atoms with Crippen LogP contribution in [0, 0.1) is 0 Å². The van der Waals surface area contributed by atoms with Crippen molar-refractivity contribution in [1.29, 1.82) is 0 Å². The number of carbonyl (C=O) groups is 1. The molecule has 1 saturated heterocycles. The summed E-state index contributed by atoms with van der Waals surface area (Å²) in [6.07, 6.45) is 3.47. The van der Waals surface area contributed by atoms with Crippen molar-refractivity contribution in [2.45, 2.75) is 38.3 Å². The van der Waals surface area contributed by atoms with Crippen LogP contribution in [0.15, 0.2) is 0 Å². The van der Waals surface area contributed by atoms with Crippen molar-refractivity contribution in [3.63, 3.8) is 0 Å². The number of ether oxygens (including phenoxy) is 1. The molecule has 0 spiro atoms. The fourth-order valence-electron chi connectivity index (χ4n) is 2.33. The third-order valence-corrected chi connectivity index (χ3v) is 3.23. The number of tetrazole rings is 1. The van der Waals surface area contributed by atoms with Gasteiger partial charge in [0, 0.05) is 19.7 Å². The maximum absolute atomic E-state index is 12.3. The average Bonchev–Trinajstić information content (AvgIpc) is 2.87. The maximum Gasteiger partial charge on any atom is 0.258 e. The van der Waals surface area contributed by atoms with Crippen LogP contribution in [0.3, 0.4) is 0 Å². The van der Waals surface area contributed by atoms with Crippen LogP contribution >= 0.6 is 0 Å². The highest BCUT2D eigenvalue weighted by molar-refractivity contribution is 5.95. The van der Waals surface area contributed by atoms with Crippen molar-refractivity contribution in [2.24, 2.45) is 0 Å². The number of aromatic nitrogens is 4. The van der Waals surface area contributed by atoms with Crippen LogP contribution in [0.1, 0.15) is 25.7 Å². The molecule has 1 unspecified atom stereocenters. The summed E-state index contributed by atoms with van der Waals surface area (Å²) in [7, 11) is 0. The molecule has 1 aromatic rings. The Bertz CT molecular complexity index is 413. The predicted molar refractivity (Wildman–Crippen MR) is 58.4 cm³/mol. The summed E-state index contributed by atoms with van der Waals surface area (Å²) in [4.78, 5) is 14.0. The highest BCUT2D eigenvalue weighted by Gasteiger charge is 2.32. The molecule has 1 atom stereocenters. The molecule has 17 heavy (non-hydrogen) atoms. The van der Waals surface area contributed by atoms with E-state index in [1.807, 2.05) is 0 Å². The standard InChI is InChI=1S/C10H15N5O2/c16-9(8-4-1-2-7-17-8)14-5-3-6-15-10(14)11-12-13-15/h8H,1-7H2. The smallest absolute Gasteiger partial charge is 0.258 e. The van der Waals surface area contributed by atoms with Crippen molar-refractivity contribution in [1.82, 2.24) is 20.2 Å². The van der Waals surface area contributed by atoms with E-state index in [-0.39, 0.29) is 12.0 Å². The first-order chi connectivity index (χ1) is 8.36. The van der Waals surface area contributed by atoms with Crippen LogP contribution in [-0.2, 0) is 16.1 Å². The molecule has 1 amide bonds. The van der Waals surface area contributed by atoms with E-state index in [9.17, 15) is 4.79 Å². The normalized spacial score (nSPS) is 24.5. The van der Waals surface area contributed by atoms with E-state index >= 15 is 0 Å². The van der Waals surface area contributed by atoms with E-state index in [0.717, 1.165) is 32.2 Å². The summed E-state index contributed by atoms with van der Waals surface area (Å²) in [6, 6.07) is 0. The van der Waals surface area contributed by atoms with Gasteiger partial charge in [0.25, 0.3) is 11.9 Å². The molecule has 1 fully saturated rings. The molecule has 1 aromatic heterocycles. The first kappa shape index (κ1) is 10.6. The number of fused-ring (bicyclic) bond motifs is 1. The number of hydrogen-bond acceptors (Lipinski definition) is 5. The third kappa shape index (κ3) is 1.90. The van der Waals surface area contributed by atoms with E-state index in [2.05, 4.69) is 15.5 Å². The molecule has 0 bridgehead atoms. The molecule has 2 aliphatic rings. The van der Waals surface area contributed by atoms with E-state index < -0.39 is 0 Å². The first-order valence-corrected chi connectivity index (χ1v) is 6.05. The Labute approximate surface area is 98.7 Å². The fourth-order valence-corrected chi connectivity index (χ4v) is 2.33. The Kier molecular flexibility index (Phi) is 2.76. The second-order valence-electron chi connectivity index (χ2n) is 4.40. The molecule has 0 aromatic carbocycles. The summed E-state index contributed by atoms with van der Waals surface area (Å²) in [5, 5.41) is 11.4. The SMILES string of the molecule is O=C(C1CCCCO1)N1CCCn2nnnc21. The van der Waals surface area contributed by atoms with Crippen LogP contribution in [0.25, 0.3) is 0 Å². The second kappa shape index (κ2) is 4.40. The summed E-state index contributed by atoms with van der Waals surface area (Å²) in [5.41, 5.74) is 0. The third-order valence-electron chi connectivity index (χ3n) is 3.23. The number of carbonyl (C=O) groups excluding carboxylic acids is 1. The van der Waals surface area contributed by atoms with Gasteiger partial charge in [-0.25, -0.2) is 4.68 Å². The van der Waals surface area contributed by atoms with Crippen molar-refractivity contribution in [3.8, 4) is 0 Å². The first-order valence-electron chi connectivity index (χ1n) is 6.05. The van der Waals surface area contributed by atoms with Gasteiger partial charge in [-0.2, -0.15) is 0 Å². The molecule has 3 heterocycles. The van der Waals surface area contributed by atoms with E-state index in [0.29, 0.717) is 19.1 Å². The Balaban J connectivity index is 1.79. The quantitative estimate of drug-likeness (QED) is 0.686. The zero-order chi connectivity index (χ0) is 11.7. The van der Waals surface area contributed by atoms with Gasteiger partial charge in [0.1, 0.15) is 6.10 Å². The molecule has 92 valence electrons. The highest BCUT2D eigenvalue weighted by Crippen LogP contribution is 2.21. The molecule has 0 aliphatic carbocycles. The summed E-state index contributed by atoms with van der Waals surface area (Å²) in [6.45, 7) is 2.13.